The van der Waals surface area contributed by atoms with Crippen molar-refractivity contribution in [3.8, 4) is 5.75 Å². The van der Waals surface area contributed by atoms with Gasteiger partial charge in [-0.25, -0.2) is 9.18 Å². The van der Waals surface area contributed by atoms with Crippen LogP contribution in [0.2, 0.25) is 0 Å². The van der Waals surface area contributed by atoms with Gasteiger partial charge in [-0.05, 0) is 6.07 Å². The molecule has 18 heavy (non-hydrogen) atoms. The number of carbonyl (C=O) groups excluding carboxylic acids is 1. The number of methoxy groups -OCH3 is 2. The van der Waals surface area contributed by atoms with Crippen molar-refractivity contribution in [1.29, 1.82) is 0 Å². The Morgan fingerprint density at radius 2 is 2.00 bits per heavy atom. The van der Waals surface area contributed by atoms with Crippen molar-refractivity contribution < 1.29 is 18.7 Å². The molecule has 0 saturated heterocycles. The summed E-state index contributed by atoms with van der Waals surface area (Å²) in [5.74, 6) is -0.696. The van der Waals surface area contributed by atoms with E-state index in [1.54, 1.807) is 24.3 Å². The van der Waals surface area contributed by atoms with Crippen LogP contribution in [0.1, 0.15) is 19.4 Å². The first kappa shape index (κ1) is 14.2. The van der Waals surface area contributed by atoms with Crippen LogP contribution in [0.4, 0.5) is 4.39 Å². The Bertz CT molecular complexity index is 464. The molecule has 0 fully saturated rings. The summed E-state index contributed by atoms with van der Waals surface area (Å²) in [4.78, 5) is 11.1. The van der Waals surface area contributed by atoms with Gasteiger partial charge in [-0.2, -0.15) is 0 Å². The number of ether oxygens (including phenoxy) is 2. The molecular weight excluding hydrogens is 235 g/mol. The van der Waals surface area contributed by atoms with Gasteiger partial charge in [0.2, 0.25) is 0 Å². The minimum Gasteiger partial charge on any atom is -0.494 e. The van der Waals surface area contributed by atoms with Gasteiger partial charge in [0, 0.05) is 17.1 Å². The highest BCUT2D eigenvalue weighted by Gasteiger charge is 2.23. The maximum absolute atomic E-state index is 14.1. The standard InChI is InChI=1S/C14H17FO3/c1-14(2,9-8-12(16)18-4)10-6-5-7-11(17-3)13(10)15/h5-9H,1-4H3/b9-8-. The molecule has 0 atom stereocenters. The van der Waals surface area contributed by atoms with Crippen LogP contribution in [-0.2, 0) is 14.9 Å². The van der Waals surface area contributed by atoms with Gasteiger partial charge < -0.3 is 9.47 Å². The Morgan fingerprint density at radius 3 is 2.56 bits per heavy atom. The summed E-state index contributed by atoms with van der Waals surface area (Å²) in [5.41, 5.74) is -0.172. The molecule has 0 aliphatic carbocycles. The number of rotatable bonds is 4. The van der Waals surface area contributed by atoms with Crippen LogP contribution < -0.4 is 4.74 Å². The zero-order valence-corrected chi connectivity index (χ0v) is 11.0. The average molecular weight is 252 g/mol. The molecule has 1 aromatic rings. The monoisotopic (exact) mass is 252 g/mol. The third kappa shape index (κ3) is 3.09. The van der Waals surface area contributed by atoms with Crippen LogP contribution in [0, 0.1) is 5.82 Å². The highest BCUT2D eigenvalue weighted by Crippen LogP contribution is 2.31. The van der Waals surface area contributed by atoms with Crippen molar-refractivity contribution in [3.63, 3.8) is 0 Å². The van der Waals surface area contributed by atoms with Gasteiger partial charge in [0.1, 0.15) is 0 Å². The molecule has 1 aromatic carbocycles. The van der Waals surface area contributed by atoms with Gasteiger partial charge in [-0.1, -0.05) is 32.1 Å². The second-order valence-corrected chi connectivity index (χ2v) is 4.40. The maximum Gasteiger partial charge on any atom is 0.330 e. The quantitative estimate of drug-likeness (QED) is 0.610. The molecule has 0 aliphatic rings. The van der Waals surface area contributed by atoms with E-state index in [1.165, 1.54) is 20.3 Å². The van der Waals surface area contributed by atoms with Crippen molar-refractivity contribution in [2.75, 3.05) is 14.2 Å². The molecule has 3 nitrogen and oxygen atoms in total. The fraction of sp³-hybridized carbons (Fsp3) is 0.357. The van der Waals surface area contributed by atoms with Crippen molar-refractivity contribution in [1.82, 2.24) is 0 Å². The van der Waals surface area contributed by atoms with E-state index in [2.05, 4.69) is 4.74 Å². The Morgan fingerprint density at radius 1 is 1.33 bits per heavy atom. The summed E-state index contributed by atoms with van der Waals surface area (Å²) in [7, 11) is 2.71. The van der Waals surface area contributed by atoms with Gasteiger partial charge in [0.05, 0.1) is 14.2 Å². The van der Waals surface area contributed by atoms with Crippen molar-refractivity contribution in [2.24, 2.45) is 0 Å². The highest BCUT2D eigenvalue weighted by molar-refractivity contribution is 5.82. The highest BCUT2D eigenvalue weighted by atomic mass is 19.1. The third-order valence-electron chi connectivity index (χ3n) is 2.71. The molecule has 0 amide bonds. The summed E-state index contributed by atoms with van der Waals surface area (Å²) in [6.07, 6.45) is 2.90. The zero-order valence-electron chi connectivity index (χ0n) is 11.0. The third-order valence-corrected chi connectivity index (χ3v) is 2.71. The first-order valence-electron chi connectivity index (χ1n) is 5.52. The minimum absolute atomic E-state index is 0.187. The normalized spacial score (nSPS) is 11.6. The van der Waals surface area contributed by atoms with E-state index in [4.69, 9.17) is 4.74 Å². The molecule has 0 spiro atoms. The lowest BCUT2D eigenvalue weighted by atomic mass is 9.84. The van der Waals surface area contributed by atoms with E-state index in [0.717, 1.165) is 0 Å². The lowest BCUT2D eigenvalue weighted by molar-refractivity contribution is -0.134. The van der Waals surface area contributed by atoms with Crippen LogP contribution in [-0.4, -0.2) is 20.2 Å². The number of hydrogen-bond donors (Lipinski definition) is 0. The molecule has 0 bridgehead atoms. The van der Waals surface area contributed by atoms with Crippen LogP contribution in [0.15, 0.2) is 30.4 Å². The smallest absolute Gasteiger partial charge is 0.330 e. The van der Waals surface area contributed by atoms with Crippen LogP contribution >= 0.6 is 0 Å². The number of benzene rings is 1. The van der Waals surface area contributed by atoms with Crippen molar-refractivity contribution >= 4 is 5.97 Å². The number of hydrogen-bond acceptors (Lipinski definition) is 3. The lowest BCUT2D eigenvalue weighted by Crippen LogP contribution is -2.17. The van der Waals surface area contributed by atoms with Gasteiger partial charge in [0.25, 0.3) is 0 Å². The van der Waals surface area contributed by atoms with Gasteiger partial charge >= 0.3 is 5.97 Å². The topological polar surface area (TPSA) is 35.5 Å². The predicted octanol–water partition coefficient (Wildman–Crippen LogP) is 2.84. The lowest BCUT2D eigenvalue weighted by Gasteiger charge is -2.22. The minimum atomic E-state index is -0.632. The fourth-order valence-corrected chi connectivity index (χ4v) is 1.60. The van der Waals surface area contributed by atoms with E-state index < -0.39 is 17.2 Å². The fourth-order valence-electron chi connectivity index (χ4n) is 1.60. The molecule has 0 heterocycles. The first-order chi connectivity index (χ1) is 8.42. The Labute approximate surface area is 106 Å². The number of halogens is 1. The van der Waals surface area contributed by atoms with Crippen LogP contribution in [0.5, 0.6) is 5.75 Å². The van der Waals surface area contributed by atoms with Gasteiger partial charge in [0.15, 0.2) is 11.6 Å². The molecule has 0 radical (unpaired) electrons. The Hall–Kier alpha value is -1.84. The molecule has 0 saturated carbocycles. The molecule has 0 unspecified atom stereocenters. The molecule has 4 heteroatoms. The second kappa shape index (κ2) is 5.67. The largest absolute Gasteiger partial charge is 0.494 e. The van der Waals surface area contributed by atoms with E-state index in [-0.39, 0.29) is 5.75 Å². The molecular formula is C14H17FO3. The van der Waals surface area contributed by atoms with Crippen molar-refractivity contribution in [2.45, 2.75) is 19.3 Å². The van der Waals surface area contributed by atoms with E-state index >= 15 is 0 Å². The first-order valence-corrected chi connectivity index (χ1v) is 5.52. The van der Waals surface area contributed by atoms with Gasteiger partial charge in [-0.15, -0.1) is 0 Å². The SMILES string of the molecule is COC(=O)/C=C\C(C)(C)c1cccc(OC)c1F. The Balaban J connectivity index is 3.12. The van der Waals surface area contributed by atoms with Crippen LogP contribution in [0.3, 0.4) is 0 Å². The molecule has 0 N–H and O–H groups in total. The summed E-state index contributed by atoms with van der Waals surface area (Å²) in [6.45, 7) is 3.62. The average Bonchev–Trinajstić information content (AvgIpc) is 2.36. The van der Waals surface area contributed by atoms with E-state index in [9.17, 15) is 9.18 Å². The van der Waals surface area contributed by atoms with Crippen LogP contribution in [0.25, 0.3) is 0 Å². The number of carbonyl (C=O) groups is 1. The second-order valence-electron chi connectivity index (χ2n) is 4.40. The summed E-state index contributed by atoms with van der Waals surface area (Å²) in [5, 5.41) is 0. The molecule has 0 aliphatic heterocycles. The summed E-state index contributed by atoms with van der Waals surface area (Å²) >= 11 is 0. The molecule has 1 rings (SSSR count). The predicted molar refractivity (Wildman–Crippen MR) is 67.1 cm³/mol. The van der Waals surface area contributed by atoms with E-state index in [1.807, 2.05) is 13.8 Å². The molecule has 0 aromatic heterocycles. The Kier molecular flexibility index (Phi) is 4.48. The molecule has 98 valence electrons. The zero-order chi connectivity index (χ0) is 13.8. The summed E-state index contributed by atoms with van der Waals surface area (Å²) < 4.78 is 23.5. The number of allylic oxidation sites excluding steroid dienone is 1. The summed E-state index contributed by atoms with van der Waals surface area (Å²) in [6, 6.07) is 4.93. The van der Waals surface area contributed by atoms with Gasteiger partial charge in [-0.3, -0.25) is 0 Å². The van der Waals surface area contributed by atoms with Crippen molar-refractivity contribution in [3.05, 3.63) is 41.7 Å². The van der Waals surface area contributed by atoms with E-state index in [0.29, 0.717) is 5.56 Å². The number of esters is 1. The maximum atomic E-state index is 14.1.